The van der Waals surface area contributed by atoms with Crippen LogP contribution in [-0.4, -0.2) is 41.8 Å². The Bertz CT molecular complexity index is 970. The minimum absolute atomic E-state index is 0.0496. The molecule has 0 spiro atoms. The predicted octanol–water partition coefficient (Wildman–Crippen LogP) is 4.01. The number of benzene rings is 2. The molecule has 2 N–H and O–H groups in total. The Morgan fingerprint density at radius 2 is 1.65 bits per heavy atom. The Balaban J connectivity index is 1.57. The lowest BCUT2D eigenvalue weighted by molar-refractivity contribution is -0.123. The Morgan fingerprint density at radius 1 is 0.968 bits per heavy atom. The molecule has 0 radical (unpaired) electrons. The number of aryl methyl sites for hydroxylation is 1. The van der Waals surface area contributed by atoms with Crippen molar-refractivity contribution in [1.29, 1.82) is 0 Å². The number of amides is 3. The zero-order chi connectivity index (χ0) is 22.6. The lowest BCUT2D eigenvalue weighted by Gasteiger charge is -2.32. The van der Waals surface area contributed by atoms with Gasteiger partial charge in [0.1, 0.15) is 0 Å². The smallest absolute Gasteiger partial charge is 0.253 e. The number of nitrogens with one attached hydrogen (secondary N) is 2. The average molecular weight is 422 g/mol. The van der Waals surface area contributed by atoms with Gasteiger partial charge in [0.25, 0.3) is 11.8 Å². The van der Waals surface area contributed by atoms with E-state index < -0.39 is 5.41 Å². The molecule has 1 aliphatic rings. The molecule has 1 saturated heterocycles. The fourth-order valence-electron chi connectivity index (χ4n) is 3.55. The highest BCUT2D eigenvalue weighted by atomic mass is 16.2. The molecular weight excluding hydrogens is 390 g/mol. The second-order valence-corrected chi connectivity index (χ2v) is 9.14. The number of hydrogen-bond acceptors (Lipinski definition) is 3. The number of hydrogen-bond donors (Lipinski definition) is 2. The van der Waals surface area contributed by atoms with Crippen molar-refractivity contribution in [1.82, 2.24) is 10.2 Å². The molecule has 31 heavy (non-hydrogen) atoms. The summed E-state index contributed by atoms with van der Waals surface area (Å²) in [5, 5.41) is 5.97. The van der Waals surface area contributed by atoms with Crippen molar-refractivity contribution in [3.05, 3.63) is 65.2 Å². The minimum atomic E-state index is -0.509. The summed E-state index contributed by atoms with van der Waals surface area (Å²) in [6.07, 6.45) is 1.42. The van der Waals surface area contributed by atoms with E-state index in [2.05, 4.69) is 10.6 Å². The summed E-state index contributed by atoms with van der Waals surface area (Å²) in [7, 11) is 0. The number of likely N-dealkylation sites (tertiary alicyclic amines) is 1. The number of anilines is 1. The van der Waals surface area contributed by atoms with Crippen LogP contribution in [0, 0.1) is 12.3 Å². The SMILES string of the molecule is Cc1ccccc1C(=O)NC1CCN(C(=O)c2cccc(NC(=O)C(C)(C)C)c2)CC1. The van der Waals surface area contributed by atoms with Gasteiger partial charge in [-0.05, 0) is 49.6 Å². The first-order valence-corrected chi connectivity index (χ1v) is 10.7. The fourth-order valence-corrected chi connectivity index (χ4v) is 3.55. The Morgan fingerprint density at radius 3 is 2.29 bits per heavy atom. The third kappa shape index (κ3) is 5.72. The molecule has 2 aromatic rings. The van der Waals surface area contributed by atoms with E-state index in [4.69, 9.17) is 0 Å². The zero-order valence-corrected chi connectivity index (χ0v) is 18.7. The van der Waals surface area contributed by atoms with E-state index in [-0.39, 0.29) is 23.8 Å². The number of nitrogens with zero attached hydrogens (tertiary/aromatic N) is 1. The van der Waals surface area contributed by atoms with Gasteiger partial charge in [0, 0.05) is 41.4 Å². The van der Waals surface area contributed by atoms with E-state index in [1.54, 1.807) is 29.2 Å². The molecule has 0 bridgehead atoms. The van der Waals surface area contributed by atoms with Crippen molar-refractivity contribution in [3.63, 3.8) is 0 Å². The van der Waals surface area contributed by atoms with Gasteiger partial charge < -0.3 is 15.5 Å². The fraction of sp³-hybridized carbons (Fsp3) is 0.400. The molecule has 3 amide bonds. The summed E-state index contributed by atoms with van der Waals surface area (Å²) in [6, 6.07) is 14.6. The summed E-state index contributed by atoms with van der Waals surface area (Å²) < 4.78 is 0. The molecular formula is C25H31N3O3. The topological polar surface area (TPSA) is 78.5 Å². The maximum atomic E-state index is 13.0. The Labute approximate surface area is 184 Å². The van der Waals surface area contributed by atoms with Crippen LogP contribution in [0.25, 0.3) is 0 Å². The molecule has 1 fully saturated rings. The highest BCUT2D eigenvalue weighted by Crippen LogP contribution is 2.20. The monoisotopic (exact) mass is 421 g/mol. The van der Waals surface area contributed by atoms with Crippen LogP contribution in [0.4, 0.5) is 5.69 Å². The van der Waals surface area contributed by atoms with Crippen LogP contribution in [0.1, 0.15) is 59.9 Å². The third-order valence-corrected chi connectivity index (χ3v) is 5.56. The summed E-state index contributed by atoms with van der Waals surface area (Å²) in [5.74, 6) is -0.219. The van der Waals surface area contributed by atoms with Crippen molar-refractivity contribution in [2.45, 2.75) is 46.6 Å². The standard InChI is InChI=1S/C25H31N3O3/c1-17-8-5-6-11-21(17)22(29)26-19-12-14-28(15-13-19)23(30)18-9-7-10-20(16-18)27-24(31)25(2,3)4/h5-11,16,19H,12-15H2,1-4H3,(H,26,29)(H,27,31). The van der Waals surface area contributed by atoms with Crippen molar-refractivity contribution < 1.29 is 14.4 Å². The van der Waals surface area contributed by atoms with E-state index in [0.29, 0.717) is 42.7 Å². The maximum Gasteiger partial charge on any atom is 0.253 e. The number of carbonyl (C=O) groups is 3. The Kier molecular flexibility index (Phi) is 6.78. The lowest BCUT2D eigenvalue weighted by Crippen LogP contribution is -2.46. The molecule has 1 heterocycles. The van der Waals surface area contributed by atoms with Gasteiger partial charge in [0.2, 0.25) is 5.91 Å². The van der Waals surface area contributed by atoms with Crippen LogP contribution >= 0.6 is 0 Å². The maximum absolute atomic E-state index is 13.0. The first kappa shape index (κ1) is 22.5. The first-order valence-electron chi connectivity index (χ1n) is 10.7. The summed E-state index contributed by atoms with van der Waals surface area (Å²) in [5.41, 5.74) is 2.30. The van der Waals surface area contributed by atoms with Gasteiger partial charge in [-0.25, -0.2) is 0 Å². The number of rotatable bonds is 4. The summed E-state index contributed by atoms with van der Waals surface area (Å²) >= 11 is 0. The van der Waals surface area contributed by atoms with Crippen molar-refractivity contribution in [2.75, 3.05) is 18.4 Å². The molecule has 3 rings (SSSR count). The van der Waals surface area contributed by atoms with Gasteiger partial charge in [-0.15, -0.1) is 0 Å². The van der Waals surface area contributed by atoms with Gasteiger partial charge in [-0.3, -0.25) is 14.4 Å². The average Bonchev–Trinajstić information content (AvgIpc) is 2.73. The third-order valence-electron chi connectivity index (χ3n) is 5.56. The van der Waals surface area contributed by atoms with E-state index >= 15 is 0 Å². The zero-order valence-electron chi connectivity index (χ0n) is 18.7. The molecule has 1 aliphatic heterocycles. The van der Waals surface area contributed by atoms with Crippen LogP contribution in [0.5, 0.6) is 0 Å². The summed E-state index contributed by atoms with van der Waals surface area (Å²) in [4.78, 5) is 39.5. The number of carbonyl (C=O) groups excluding carboxylic acids is 3. The predicted molar refractivity (Wildman–Crippen MR) is 122 cm³/mol. The molecule has 0 atom stereocenters. The van der Waals surface area contributed by atoms with Crippen LogP contribution in [0.3, 0.4) is 0 Å². The first-order chi connectivity index (χ1) is 14.6. The molecule has 6 heteroatoms. The molecule has 6 nitrogen and oxygen atoms in total. The summed E-state index contributed by atoms with van der Waals surface area (Å²) in [6.45, 7) is 8.62. The van der Waals surface area contributed by atoms with Gasteiger partial charge in [0.05, 0.1) is 0 Å². The van der Waals surface area contributed by atoms with Crippen LogP contribution in [0.15, 0.2) is 48.5 Å². The van der Waals surface area contributed by atoms with Crippen LogP contribution < -0.4 is 10.6 Å². The molecule has 0 unspecified atom stereocenters. The quantitative estimate of drug-likeness (QED) is 0.783. The van der Waals surface area contributed by atoms with Crippen molar-refractivity contribution in [3.8, 4) is 0 Å². The van der Waals surface area contributed by atoms with Crippen molar-refractivity contribution in [2.24, 2.45) is 5.41 Å². The highest BCUT2D eigenvalue weighted by Gasteiger charge is 2.26. The van der Waals surface area contributed by atoms with E-state index in [1.165, 1.54) is 0 Å². The van der Waals surface area contributed by atoms with Gasteiger partial charge >= 0.3 is 0 Å². The second-order valence-electron chi connectivity index (χ2n) is 9.14. The minimum Gasteiger partial charge on any atom is -0.349 e. The van der Waals surface area contributed by atoms with E-state index in [1.807, 2.05) is 52.0 Å². The highest BCUT2D eigenvalue weighted by molar-refractivity contribution is 5.98. The van der Waals surface area contributed by atoms with E-state index in [0.717, 1.165) is 5.56 Å². The number of piperidine rings is 1. The van der Waals surface area contributed by atoms with Gasteiger partial charge in [0.15, 0.2) is 0 Å². The molecule has 164 valence electrons. The molecule has 2 aromatic carbocycles. The second kappa shape index (κ2) is 9.33. The molecule has 0 aliphatic carbocycles. The van der Waals surface area contributed by atoms with Crippen molar-refractivity contribution >= 4 is 23.4 Å². The van der Waals surface area contributed by atoms with Gasteiger partial charge in [-0.1, -0.05) is 45.0 Å². The Hall–Kier alpha value is -3.15. The normalized spacial score (nSPS) is 14.8. The van der Waals surface area contributed by atoms with Crippen LogP contribution in [-0.2, 0) is 4.79 Å². The van der Waals surface area contributed by atoms with E-state index in [9.17, 15) is 14.4 Å². The lowest BCUT2D eigenvalue weighted by atomic mass is 9.95. The van der Waals surface area contributed by atoms with Crippen LogP contribution in [0.2, 0.25) is 0 Å². The molecule has 0 aromatic heterocycles. The molecule has 0 saturated carbocycles. The largest absolute Gasteiger partial charge is 0.349 e. The van der Waals surface area contributed by atoms with Gasteiger partial charge in [-0.2, -0.15) is 0 Å².